The second-order valence-corrected chi connectivity index (χ2v) is 6.00. The third-order valence-electron chi connectivity index (χ3n) is 3.89. The minimum absolute atomic E-state index is 0.0308. The molecule has 2 amide bonds. The average molecular weight is 328 g/mol. The Morgan fingerprint density at radius 3 is 2.39 bits per heavy atom. The van der Waals surface area contributed by atoms with Crippen molar-refractivity contribution in [2.75, 3.05) is 13.1 Å². The molecule has 1 aliphatic rings. The van der Waals surface area contributed by atoms with Crippen molar-refractivity contribution in [2.45, 2.75) is 32.5 Å². The molecule has 0 saturated carbocycles. The summed E-state index contributed by atoms with van der Waals surface area (Å²) in [6.07, 6.45) is -4.04. The second-order valence-electron chi connectivity index (χ2n) is 6.00. The van der Waals surface area contributed by atoms with Gasteiger partial charge in [0, 0.05) is 37.0 Å². The third kappa shape index (κ3) is 4.24. The number of hydrogen-bond donors (Lipinski definition) is 1. The largest absolute Gasteiger partial charge is 0.416 e. The van der Waals surface area contributed by atoms with E-state index in [9.17, 15) is 22.8 Å². The van der Waals surface area contributed by atoms with Crippen LogP contribution in [0.3, 0.4) is 0 Å². The van der Waals surface area contributed by atoms with Crippen LogP contribution in [0.25, 0.3) is 0 Å². The summed E-state index contributed by atoms with van der Waals surface area (Å²) in [4.78, 5) is 25.5. The summed E-state index contributed by atoms with van der Waals surface area (Å²) in [7, 11) is 0. The van der Waals surface area contributed by atoms with E-state index in [4.69, 9.17) is 0 Å². The molecule has 2 rings (SSSR count). The maximum atomic E-state index is 12.5. The number of nitrogens with zero attached hydrogens (tertiary/aromatic N) is 1. The molecule has 23 heavy (non-hydrogen) atoms. The Morgan fingerprint density at radius 1 is 1.30 bits per heavy atom. The van der Waals surface area contributed by atoms with E-state index < -0.39 is 17.6 Å². The van der Waals surface area contributed by atoms with Crippen molar-refractivity contribution in [3.63, 3.8) is 0 Å². The molecule has 1 aromatic carbocycles. The summed E-state index contributed by atoms with van der Waals surface area (Å²) in [5.74, 6) is -0.341. The number of rotatable bonds is 4. The number of hydrogen-bond acceptors (Lipinski definition) is 2. The molecule has 7 heteroatoms. The van der Waals surface area contributed by atoms with E-state index in [1.807, 2.05) is 13.8 Å². The fraction of sp³-hybridized carbons (Fsp3) is 0.500. The number of nitrogens with one attached hydrogen (secondary N) is 1. The SMILES string of the molecule is CC(C)N1CC(CNC(=O)c2ccc(C(F)(F)F)cc2)CC1=O. The highest BCUT2D eigenvalue weighted by molar-refractivity contribution is 5.94. The monoisotopic (exact) mass is 328 g/mol. The van der Waals surface area contributed by atoms with E-state index in [1.54, 1.807) is 4.90 Å². The zero-order valence-electron chi connectivity index (χ0n) is 13.0. The van der Waals surface area contributed by atoms with Crippen LogP contribution in [0.5, 0.6) is 0 Å². The van der Waals surface area contributed by atoms with Crippen LogP contribution in [-0.2, 0) is 11.0 Å². The van der Waals surface area contributed by atoms with Gasteiger partial charge in [-0.05, 0) is 38.1 Å². The van der Waals surface area contributed by atoms with Crippen molar-refractivity contribution in [3.8, 4) is 0 Å². The average Bonchev–Trinajstić information content (AvgIpc) is 2.85. The van der Waals surface area contributed by atoms with Crippen molar-refractivity contribution in [1.82, 2.24) is 10.2 Å². The van der Waals surface area contributed by atoms with Crippen molar-refractivity contribution in [2.24, 2.45) is 5.92 Å². The summed E-state index contributed by atoms with van der Waals surface area (Å²) >= 11 is 0. The Hall–Kier alpha value is -2.05. The molecule has 0 aromatic heterocycles. The molecule has 126 valence electrons. The Balaban J connectivity index is 1.89. The van der Waals surface area contributed by atoms with Crippen LogP contribution in [0.2, 0.25) is 0 Å². The summed E-state index contributed by atoms with van der Waals surface area (Å²) in [6.45, 7) is 4.78. The lowest BCUT2D eigenvalue weighted by Gasteiger charge is -2.21. The van der Waals surface area contributed by atoms with E-state index in [2.05, 4.69) is 5.32 Å². The first-order chi connectivity index (χ1) is 10.7. The Bertz CT molecular complexity index is 582. The number of benzene rings is 1. The van der Waals surface area contributed by atoms with E-state index in [-0.39, 0.29) is 23.4 Å². The number of carbonyl (C=O) groups is 2. The van der Waals surface area contributed by atoms with Gasteiger partial charge in [0.15, 0.2) is 0 Å². The topological polar surface area (TPSA) is 49.4 Å². The van der Waals surface area contributed by atoms with Crippen LogP contribution in [0.15, 0.2) is 24.3 Å². The van der Waals surface area contributed by atoms with Gasteiger partial charge in [-0.25, -0.2) is 0 Å². The molecule has 1 N–H and O–H groups in total. The maximum Gasteiger partial charge on any atom is 0.416 e. The quantitative estimate of drug-likeness (QED) is 0.924. The molecule has 1 fully saturated rings. The third-order valence-corrected chi connectivity index (χ3v) is 3.89. The van der Waals surface area contributed by atoms with Gasteiger partial charge in [-0.15, -0.1) is 0 Å². The summed E-state index contributed by atoms with van der Waals surface area (Å²) in [5.41, 5.74) is -0.619. The Kier molecular flexibility index (Phi) is 4.97. The van der Waals surface area contributed by atoms with Crippen LogP contribution in [0, 0.1) is 5.92 Å². The van der Waals surface area contributed by atoms with Crippen LogP contribution in [0.4, 0.5) is 13.2 Å². The lowest BCUT2D eigenvalue weighted by molar-refractivity contribution is -0.137. The van der Waals surface area contributed by atoms with Crippen molar-refractivity contribution < 1.29 is 22.8 Å². The minimum atomic E-state index is -4.42. The van der Waals surface area contributed by atoms with Crippen molar-refractivity contribution in [3.05, 3.63) is 35.4 Å². The molecule has 1 atom stereocenters. The Morgan fingerprint density at radius 2 is 1.91 bits per heavy atom. The zero-order valence-corrected chi connectivity index (χ0v) is 13.0. The molecule has 4 nitrogen and oxygen atoms in total. The van der Waals surface area contributed by atoms with Gasteiger partial charge >= 0.3 is 6.18 Å². The van der Waals surface area contributed by atoms with Gasteiger partial charge in [-0.2, -0.15) is 13.2 Å². The van der Waals surface area contributed by atoms with Gasteiger partial charge in [-0.3, -0.25) is 9.59 Å². The van der Waals surface area contributed by atoms with E-state index in [1.165, 1.54) is 0 Å². The molecular formula is C16H19F3N2O2. The maximum absolute atomic E-state index is 12.5. The number of halogens is 3. The molecular weight excluding hydrogens is 309 g/mol. The highest BCUT2D eigenvalue weighted by Gasteiger charge is 2.32. The van der Waals surface area contributed by atoms with Crippen LogP contribution >= 0.6 is 0 Å². The second kappa shape index (κ2) is 6.60. The van der Waals surface area contributed by atoms with Gasteiger partial charge in [0.05, 0.1) is 5.56 Å². The van der Waals surface area contributed by atoms with Gasteiger partial charge in [0.25, 0.3) is 5.91 Å². The first-order valence-electron chi connectivity index (χ1n) is 7.43. The van der Waals surface area contributed by atoms with Crippen molar-refractivity contribution >= 4 is 11.8 Å². The molecule has 1 saturated heterocycles. The van der Waals surface area contributed by atoms with Crippen LogP contribution < -0.4 is 5.32 Å². The first-order valence-corrected chi connectivity index (χ1v) is 7.43. The standard InChI is InChI=1S/C16H19F3N2O2/c1-10(2)21-9-11(7-14(21)22)8-20-15(23)12-3-5-13(6-4-12)16(17,18)19/h3-6,10-11H,7-9H2,1-2H3,(H,20,23). The molecule has 0 spiro atoms. The molecule has 1 heterocycles. The highest BCUT2D eigenvalue weighted by Crippen LogP contribution is 2.29. The lowest BCUT2D eigenvalue weighted by Crippen LogP contribution is -2.34. The van der Waals surface area contributed by atoms with Gasteiger partial charge in [-0.1, -0.05) is 0 Å². The highest BCUT2D eigenvalue weighted by atomic mass is 19.4. The molecule has 1 aliphatic heterocycles. The molecule has 0 bridgehead atoms. The van der Waals surface area contributed by atoms with Gasteiger partial charge < -0.3 is 10.2 Å². The number of alkyl halides is 3. The Labute approximate surface area is 132 Å². The van der Waals surface area contributed by atoms with Crippen LogP contribution in [-0.4, -0.2) is 35.8 Å². The smallest absolute Gasteiger partial charge is 0.352 e. The molecule has 1 unspecified atom stereocenters. The number of carbonyl (C=O) groups excluding carboxylic acids is 2. The molecule has 0 aliphatic carbocycles. The number of amides is 2. The first kappa shape index (κ1) is 17.3. The predicted molar refractivity (Wildman–Crippen MR) is 78.7 cm³/mol. The predicted octanol–water partition coefficient (Wildman–Crippen LogP) is 2.69. The van der Waals surface area contributed by atoms with Crippen molar-refractivity contribution in [1.29, 1.82) is 0 Å². The fourth-order valence-corrected chi connectivity index (χ4v) is 2.59. The number of likely N-dealkylation sites (tertiary alicyclic amines) is 1. The normalized spacial score (nSPS) is 18.6. The van der Waals surface area contributed by atoms with Gasteiger partial charge in [0.2, 0.25) is 5.91 Å². The fourth-order valence-electron chi connectivity index (χ4n) is 2.59. The van der Waals surface area contributed by atoms with Gasteiger partial charge in [0.1, 0.15) is 0 Å². The molecule has 1 aromatic rings. The zero-order chi connectivity index (χ0) is 17.2. The molecule has 0 radical (unpaired) electrons. The lowest BCUT2D eigenvalue weighted by atomic mass is 10.1. The summed E-state index contributed by atoms with van der Waals surface area (Å²) < 4.78 is 37.4. The summed E-state index contributed by atoms with van der Waals surface area (Å²) in [6, 6.07) is 4.19. The van der Waals surface area contributed by atoms with Crippen LogP contribution in [0.1, 0.15) is 36.2 Å². The summed E-state index contributed by atoms with van der Waals surface area (Å²) in [5, 5.41) is 2.68. The van der Waals surface area contributed by atoms with E-state index in [0.29, 0.717) is 19.5 Å². The minimum Gasteiger partial charge on any atom is -0.352 e. The van der Waals surface area contributed by atoms with E-state index >= 15 is 0 Å². The van der Waals surface area contributed by atoms with E-state index in [0.717, 1.165) is 24.3 Å².